The molecule has 0 atom stereocenters. The summed E-state index contributed by atoms with van der Waals surface area (Å²) < 4.78 is 4.85. The van der Waals surface area contributed by atoms with Crippen molar-refractivity contribution < 1.29 is 19.4 Å². The summed E-state index contributed by atoms with van der Waals surface area (Å²) in [5.41, 5.74) is 5.15. The summed E-state index contributed by atoms with van der Waals surface area (Å²) in [7, 11) is 0. The van der Waals surface area contributed by atoms with Crippen LogP contribution in [0.25, 0.3) is 31.8 Å². The van der Waals surface area contributed by atoms with Crippen molar-refractivity contribution in [3.63, 3.8) is 0 Å². The molecule has 0 saturated heterocycles. The fourth-order valence-corrected chi connectivity index (χ4v) is 5.97. The molecule has 0 saturated carbocycles. The van der Waals surface area contributed by atoms with Crippen molar-refractivity contribution in [2.75, 3.05) is 6.61 Å². The van der Waals surface area contributed by atoms with Crippen molar-refractivity contribution >= 4 is 46.0 Å². The van der Waals surface area contributed by atoms with Crippen molar-refractivity contribution in [2.24, 2.45) is 0 Å². The summed E-state index contributed by atoms with van der Waals surface area (Å²) >= 11 is 3.37. The number of aromatic nitrogens is 2. The summed E-state index contributed by atoms with van der Waals surface area (Å²) in [6.45, 7) is 4.94. The molecule has 3 aromatic heterocycles. The van der Waals surface area contributed by atoms with Crippen LogP contribution in [0.5, 0.6) is 0 Å². The summed E-state index contributed by atoms with van der Waals surface area (Å²) in [6, 6.07) is 10.4. The maximum absolute atomic E-state index is 11.0. The van der Waals surface area contributed by atoms with Crippen molar-refractivity contribution in [1.82, 2.24) is 10.2 Å². The number of hydrogen-bond donors (Lipinski definition) is 1. The number of carboxylic acids is 1. The van der Waals surface area contributed by atoms with Crippen LogP contribution >= 0.6 is 22.7 Å². The van der Waals surface area contributed by atoms with E-state index in [9.17, 15) is 9.59 Å². The van der Waals surface area contributed by atoms with Gasteiger partial charge in [0.2, 0.25) is 0 Å². The maximum Gasteiger partial charge on any atom is 0.303 e. The highest BCUT2D eigenvalue weighted by molar-refractivity contribution is 7.16. The molecule has 32 heavy (non-hydrogen) atoms. The highest BCUT2D eigenvalue weighted by Gasteiger charge is 2.16. The molecular formula is C24H22N2O4S2. The first kappa shape index (κ1) is 22.1. The molecule has 1 aromatic carbocycles. The quantitative estimate of drug-likeness (QED) is 0.261. The average Bonchev–Trinajstić information content (AvgIpc) is 3.33. The lowest BCUT2D eigenvalue weighted by Gasteiger charge is -2.08. The zero-order valence-electron chi connectivity index (χ0n) is 17.8. The molecule has 0 aliphatic rings. The fourth-order valence-electron chi connectivity index (χ4n) is 3.76. The van der Waals surface area contributed by atoms with Crippen molar-refractivity contribution in [3.05, 3.63) is 57.4 Å². The standard InChI is InChI=1S/C24H22N2O4S2/c1-14-16(3-6-23(28)29)11-21(31-14)18-4-5-20(24-19(18)7-9-25-26-24)22-12-17(15(2)32-22)8-10-30-13-27/h4-5,7,9,11-13H,3,6,8,10H2,1-2H3,(H,28,29). The number of fused-ring (bicyclic) bond motifs is 1. The molecule has 0 bridgehead atoms. The van der Waals surface area contributed by atoms with Crippen molar-refractivity contribution in [3.8, 4) is 20.9 Å². The lowest BCUT2D eigenvalue weighted by atomic mass is 10.0. The average molecular weight is 467 g/mol. The zero-order valence-corrected chi connectivity index (χ0v) is 19.4. The van der Waals surface area contributed by atoms with E-state index in [2.05, 4.69) is 41.4 Å². The normalized spacial score (nSPS) is 11.1. The molecule has 1 N–H and O–H groups in total. The molecule has 3 heterocycles. The van der Waals surface area contributed by atoms with Crippen LogP contribution < -0.4 is 0 Å². The highest BCUT2D eigenvalue weighted by atomic mass is 32.1. The SMILES string of the molecule is Cc1sc(-c2ccc(-c3cc(CCOC=O)c(C)s3)c3nnccc23)cc1CCC(=O)O. The van der Waals surface area contributed by atoms with Crippen LogP contribution in [0.15, 0.2) is 36.5 Å². The molecule has 0 spiro atoms. The number of aliphatic carboxylic acids is 1. The molecule has 0 radical (unpaired) electrons. The van der Waals surface area contributed by atoms with Gasteiger partial charge in [-0.3, -0.25) is 9.59 Å². The Balaban J connectivity index is 1.73. The molecule has 0 aliphatic carbocycles. The van der Waals surface area contributed by atoms with Crippen LogP contribution in [0.2, 0.25) is 0 Å². The Morgan fingerprint density at radius 3 is 2.38 bits per heavy atom. The third kappa shape index (κ3) is 4.56. The Kier molecular flexibility index (Phi) is 6.62. The van der Waals surface area contributed by atoms with Crippen LogP contribution in [-0.2, 0) is 27.2 Å². The maximum atomic E-state index is 11.0. The predicted octanol–water partition coefficient (Wildman–Crippen LogP) is 5.44. The Labute approximate surface area is 193 Å². The minimum atomic E-state index is -0.787. The number of carbonyl (C=O) groups excluding carboxylic acids is 1. The molecule has 8 heteroatoms. The van der Waals surface area contributed by atoms with Gasteiger partial charge in [0.05, 0.1) is 12.8 Å². The molecule has 4 rings (SSSR count). The Hall–Kier alpha value is -3.10. The van der Waals surface area contributed by atoms with E-state index in [1.165, 1.54) is 4.88 Å². The molecule has 0 amide bonds. The number of rotatable bonds is 9. The van der Waals surface area contributed by atoms with Gasteiger partial charge in [-0.25, -0.2) is 0 Å². The molecule has 164 valence electrons. The van der Waals surface area contributed by atoms with Gasteiger partial charge in [0, 0.05) is 48.9 Å². The minimum absolute atomic E-state index is 0.125. The monoisotopic (exact) mass is 466 g/mol. The minimum Gasteiger partial charge on any atom is -0.481 e. The topological polar surface area (TPSA) is 89.4 Å². The summed E-state index contributed by atoms with van der Waals surface area (Å²) in [4.78, 5) is 25.9. The second-order valence-electron chi connectivity index (χ2n) is 7.45. The van der Waals surface area contributed by atoms with Crippen LogP contribution in [0.1, 0.15) is 27.3 Å². The lowest BCUT2D eigenvalue weighted by Crippen LogP contribution is -1.97. The zero-order chi connectivity index (χ0) is 22.7. The smallest absolute Gasteiger partial charge is 0.303 e. The molecule has 0 aliphatic heterocycles. The van der Waals surface area contributed by atoms with Gasteiger partial charge in [-0.1, -0.05) is 12.1 Å². The van der Waals surface area contributed by atoms with Gasteiger partial charge < -0.3 is 9.84 Å². The van der Waals surface area contributed by atoms with Gasteiger partial charge in [-0.2, -0.15) is 5.10 Å². The van der Waals surface area contributed by atoms with Crippen molar-refractivity contribution in [1.29, 1.82) is 0 Å². The third-order valence-corrected chi connectivity index (χ3v) is 7.67. The van der Waals surface area contributed by atoms with Crippen LogP contribution in [0.4, 0.5) is 0 Å². The van der Waals surface area contributed by atoms with Crippen LogP contribution in [-0.4, -0.2) is 34.4 Å². The van der Waals surface area contributed by atoms with E-state index in [0.29, 0.717) is 25.9 Å². The Morgan fingerprint density at radius 2 is 1.69 bits per heavy atom. The number of hydrogen-bond acceptors (Lipinski definition) is 7. The van der Waals surface area contributed by atoms with E-state index >= 15 is 0 Å². The second-order valence-corrected chi connectivity index (χ2v) is 9.96. The first-order valence-electron chi connectivity index (χ1n) is 10.2. The second kappa shape index (κ2) is 9.58. The lowest BCUT2D eigenvalue weighted by molar-refractivity contribution is -0.137. The summed E-state index contributed by atoms with van der Waals surface area (Å²) in [5.74, 6) is -0.787. The predicted molar refractivity (Wildman–Crippen MR) is 127 cm³/mol. The fraction of sp³-hybridized carbons (Fsp3) is 0.250. The van der Waals surface area contributed by atoms with E-state index < -0.39 is 5.97 Å². The molecule has 4 aromatic rings. The van der Waals surface area contributed by atoms with E-state index in [4.69, 9.17) is 9.84 Å². The number of carbonyl (C=O) groups is 2. The van der Waals surface area contributed by atoms with Gasteiger partial charge in [-0.05, 0) is 49.6 Å². The largest absolute Gasteiger partial charge is 0.481 e. The molecular weight excluding hydrogens is 444 g/mol. The van der Waals surface area contributed by atoms with Gasteiger partial charge in [0.15, 0.2) is 0 Å². The Bertz CT molecular complexity index is 1290. The first-order valence-corrected chi connectivity index (χ1v) is 11.8. The van der Waals surface area contributed by atoms with E-state index in [0.717, 1.165) is 47.8 Å². The first-order chi connectivity index (χ1) is 15.5. The highest BCUT2D eigenvalue weighted by Crippen LogP contribution is 2.40. The van der Waals surface area contributed by atoms with E-state index in [1.807, 2.05) is 13.0 Å². The molecule has 0 unspecified atom stereocenters. The number of nitrogens with zero attached hydrogens (tertiary/aromatic N) is 2. The summed E-state index contributed by atoms with van der Waals surface area (Å²) in [5, 5.41) is 18.6. The number of carboxylic acid groups (broad SMARTS) is 1. The number of ether oxygens (including phenoxy) is 1. The van der Waals surface area contributed by atoms with Gasteiger partial charge >= 0.3 is 5.97 Å². The Morgan fingerprint density at radius 1 is 1.03 bits per heavy atom. The van der Waals surface area contributed by atoms with Crippen LogP contribution in [0, 0.1) is 13.8 Å². The van der Waals surface area contributed by atoms with E-state index in [-0.39, 0.29) is 6.42 Å². The van der Waals surface area contributed by atoms with Gasteiger partial charge in [0.1, 0.15) is 5.52 Å². The third-order valence-electron chi connectivity index (χ3n) is 5.42. The van der Waals surface area contributed by atoms with E-state index in [1.54, 1.807) is 28.9 Å². The van der Waals surface area contributed by atoms with Gasteiger partial charge in [0.25, 0.3) is 6.47 Å². The number of aryl methyl sites for hydroxylation is 3. The van der Waals surface area contributed by atoms with Crippen LogP contribution in [0.3, 0.4) is 0 Å². The number of benzene rings is 1. The van der Waals surface area contributed by atoms with Crippen molar-refractivity contribution in [2.45, 2.75) is 33.1 Å². The molecule has 0 fully saturated rings. The number of thiophene rings is 2. The van der Waals surface area contributed by atoms with Gasteiger partial charge in [-0.15, -0.1) is 27.8 Å². The molecule has 6 nitrogen and oxygen atoms in total. The summed E-state index contributed by atoms with van der Waals surface area (Å²) in [6.07, 6.45) is 3.03.